The molecular weight excluding hydrogens is 298 g/mol. The first-order chi connectivity index (χ1) is 10.9. The zero-order valence-corrected chi connectivity index (χ0v) is 13.7. The van der Waals surface area contributed by atoms with Crippen LogP contribution in [0.3, 0.4) is 0 Å². The Morgan fingerprint density at radius 3 is 2.61 bits per heavy atom. The molecule has 0 saturated carbocycles. The van der Waals surface area contributed by atoms with Crippen LogP contribution in [0.15, 0.2) is 21.7 Å². The van der Waals surface area contributed by atoms with Crippen LogP contribution in [-0.4, -0.2) is 39.2 Å². The van der Waals surface area contributed by atoms with Crippen LogP contribution >= 0.6 is 0 Å². The van der Waals surface area contributed by atoms with Crippen molar-refractivity contribution in [1.29, 1.82) is 0 Å². The van der Waals surface area contributed by atoms with Gasteiger partial charge in [-0.3, -0.25) is 18.7 Å². The molecule has 1 atom stereocenters. The Kier molecular flexibility index (Phi) is 4.95. The number of hydrogen-bond acceptors (Lipinski definition) is 5. The number of nitrogens with zero attached hydrogens (tertiary/aromatic N) is 3. The second-order valence-electron chi connectivity index (χ2n) is 5.44. The maximum absolute atomic E-state index is 12.2. The van der Waals surface area contributed by atoms with Gasteiger partial charge in [-0.1, -0.05) is 6.92 Å². The Morgan fingerprint density at radius 1 is 1.26 bits per heavy atom. The average molecular weight is 319 g/mol. The lowest BCUT2D eigenvalue weighted by Gasteiger charge is -2.13. The van der Waals surface area contributed by atoms with Crippen LogP contribution in [0.25, 0.3) is 11.0 Å². The summed E-state index contributed by atoms with van der Waals surface area (Å²) < 4.78 is 2.27. The largest absolute Gasteiger partial charge is 0.349 e. The lowest BCUT2D eigenvalue weighted by molar-refractivity contribution is 0.0945. The molecule has 1 amide bonds. The molecule has 23 heavy (non-hydrogen) atoms. The Hall–Kier alpha value is -2.48. The van der Waals surface area contributed by atoms with Crippen LogP contribution in [0.1, 0.15) is 24.3 Å². The van der Waals surface area contributed by atoms with E-state index < -0.39 is 11.2 Å². The molecule has 0 aliphatic heterocycles. The van der Waals surface area contributed by atoms with Crippen LogP contribution in [-0.2, 0) is 14.1 Å². The first-order valence-electron chi connectivity index (χ1n) is 7.45. The number of hydrogen-bond donors (Lipinski definition) is 2. The van der Waals surface area contributed by atoms with Crippen LogP contribution in [0, 0.1) is 0 Å². The van der Waals surface area contributed by atoms with E-state index in [2.05, 4.69) is 15.6 Å². The highest BCUT2D eigenvalue weighted by Crippen LogP contribution is 2.06. The number of aryl methyl sites for hydroxylation is 1. The quantitative estimate of drug-likeness (QED) is 0.764. The zero-order chi connectivity index (χ0) is 17.1. The van der Waals surface area contributed by atoms with Crippen molar-refractivity contribution in [2.45, 2.75) is 19.9 Å². The van der Waals surface area contributed by atoms with Gasteiger partial charge in [0, 0.05) is 26.7 Å². The molecule has 8 nitrogen and oxygen atoms in total. The summed E-state index contributed by atoms with van der Waals surface area (Å²) in [6, 6.07) is 3.15. The summed E-state index contributed by atoms with van der Waals surface area (Å²) in [5, 5.41) is 6.26. The minimum Gasteiger partial charge on any atom is -0.349 e. The van der Waals surface area contributed by atoms with Gasteiger partial charge in [-0.05, 0) is 25.6 Å². The van der Waals surface area contributed by atoms with Gasteiger partial charge in [-0.15, -0.1) is 0 Å². The van der Waals surface area contributed by atoms with E-state index in [-0.39, 0.29) is 23.3 Å². The van der Waals surface area contributed by atoms with Gasteiger partial charge < -0.3 is 10.6 Å². The number of aromatic nitrogens is 3. The summed E-state index contributed by atoms with van der Waals surface area (Å²) in [7, 11) is 2.93. The smallest absolute Gasteiger partial charge is 0.332 e. The summed E-state index contributed by atoms with van der Waals surface area (Å²) in [6.07, 6.45) is 0. The number of amides is 1. The van der Waals surface area contributed by atoms with Crippen molar-refractivity contribution >= 4 is 16.9 Å². The summed E-state index contributed by atoms with van der Waals surface area (Å²) >= 11 is 0. The van der Waals surface area contributed by atoms with E-state index >= 15 is 0 Å². The Morgan fingerprint density at radius 2 is 1.96 bits per heavy atom. The fourth-order valence-corrected chi connectivity index (χ4v) is 2.34. The molecule has 8 heteroatoms. The van der Waals surface area contributed by atoms with Gasteiger partial charge in [0.2, 0.25) is 0 Å². The maximum atomic E-state index is 12.2. The first-order valence-corrected chi connectivity index (χ1v) is 7.45. The normalized spacial score (nSPS) is 12.3. The Bertz CT molecular complexity index is 853. The van der Waals surface area contributed by atoms with Crippen molar-refractivity contribution in [1.82, 2.24) is 24.8 Å². The van der Waals surface area contributed by atoms with E-state index in [1.54, 1.807) is 0 Å². The molecule has 0 bridgehead atoms. The minimum atomic E-state index is -0.478. The molecule has 2 aromatic heterocycles. The number of likely N-dealkylation sites (N-methyl/N-ethyl adjacent to an activating group) is 1. The van der Waals surface area contributed by atoms with E-state index in [1.165, 1.54) is 30.8 Å². The molecule has 2 N–H and O–H groups in total. The van der Waals surface area contributed by atoms with Crippen molar-refractivity contribution in [3.05, 3.63) is 38.7 Å². The number of nitrogens with one attached hydrogen (secondary N) is 2. The molecule has 0 aliphatic rings. The topological polar surface area (TPSA) is 98.0 Å². The highest BCUT2D eigenvalue weighted by Gasteiger charge is 2.14. The molecule has 2 aromatic rings. The van der Waals surface area contributed by atoms with Gasteiger partial charge in [0.15, 0.2) is 0 Å². The molecule has 0 saturated heterocycles. The van der Waals surface area contributed by atoms with Gasteiger partial charge in [-0.2, -0.15) is 0 Å². The van der Waals surface area contributed by atoms with Crippen LogP contribution in [0.5, 0.6) is 0 Å². The van der Waals surface area contributed by atoms with Crippen molar-refractivity contribution in [3.8, 4) is 0 Å². The third-order valence-electron chi connectivity index (χ3n) is 3.66. The average Bonchev–Trinajstić information content (AvgIpc) is 2.55. The lowest BCUT2D eigenvalue weighted by atomic mass is 10.2. The maximum Gasteiger partial charge on any atom is 0.332 e. The minimum absolute atomic E-state index is 0.140. The van der Waals surface area contributed by atoms with E-state index in [9.17, 15) is 14.4 Å². The first kappa shape index (κ1) is 16.9. The SMILES string of the molecule is CCN[C@H](C)CNC(=O)c1ccc2c(=O)n(C)c(=O)n(C)c2n1. The number of fused-ring (bicyclic) bond motifs is 1. The molecule has 2 heterocycles. The second-order valence-corrected chi connectivity index (χ2v) is 5.44. The standard InChI is InChI=1S/C15H21N5O3/c1-5-16-9(2)8-17-13(21)11-7-6-10-12(18-11)19(3)15(23)20(4)14(10)22/h6-7,9,16H,5,8H2,1-4H3,(H,17,21)/t9-/m1/s1. The summed E-state index contributed by atoms with van der Waals surface area (Å²) in [4.78, 5) is 40.4. The Balaban J connectivity index is 2.35. The zero-order valence-electron chi connectivity index (χ0n) is 13.7. The molecule has 0 aliphatic carbocycles. The number of carbonyl (C=O) groups excluding carboxylic acids is 1. The summed E-state index contributed by atoms with van der Waals surface area (Å²) in [5.74, 6) is -0.343. The van der Waals surface area contributed by atoms with Crippen LogP contribution < -0.4 is 21.9 Å². The van der Waals surface area contributed by atoms with E-state index in [0.29, 0.717) is 11.9 Å². The van der Waals surface area contributed by atoms with E-state index in [1.807, 2.05) is 13.8 Å². The molecule has 0 unspecified atom stereocenters. The summed E-state index contributed by atoms with van der Waals surface area (Å²) in [5.41, 5.74) is -0.536. The monoisotopic (exact) mass is 319 g/mol. The summed E-state index contributed by atoms with van der Waals surface area (Å²) in [6.45, 7) is 5.23. The number of pyridine rings is 1. The van der Waals surface area contributed by atoms with Gasteiger partial charge in [-0.25, -0.2) is 9.78 Å². The molecule has 2 rings (SSSR count). The molecular formula is C15H21N5O3. The number of rotatable bonds is 5. The molecule has 0 radical (unpaired) electrons. The molecule has 0 spiro atoms. The van der Waals surface area contributed by atoms with Gasteiger partial charge in [0.1, 0.15) is 11.3 Å². The third kappa shape index (κ3) is 3.31. The fraction of sp³-hybridized carbons (Fsp3) is 0.467. The predicted octanol–water partition coefficient (Wildman–Crippen LogP) is -0.640. The van der Waals surface area contributed by atoms with E-state index in [4.69, 9.17) is 0 Å². The lowest BCUT2D eigenvalue weighted by Crippen LogP contribution is -2.39. The third-order valence-corrected chi connectivity index (χ3v) is 3.66. The van der Waals surface area contributed by atoms with Gasteiger partial charge >= 0.3 is 5.69 Å². The number of carbonyl (C=O) groups is 1. The highest BCUT2D eigenvalue weighted by atomic mass is 16.2. The van der Waals surface area contributed by atoms with Crippen molar-refractivity contribution < 1.29 is 4.79 Å². The Labute approximate surface area is 133 Å². The van der Waals surface area contributed by atoms with E-state index in [0.717, 1.165) is 11.1 Å². The predicted molar refractivity (Wildman–Crippen MR) is 87.7 cm³/mol. The van der Waals surface area contributed by atoms with Crippen molar-refractivity contribution in [2.75, 3.05) is 13.1 Å². The van der Waals surface area contributed by atoms with Crippen LogP contribution in [0.2, 0.25) is 0 Å². The molecule has 0 fully saturated rings. The molecule has 124 valence electrons. The van der Waals surface area contributed by atoms with Crippen molar-refractivity contribution in [2.24, 2.45) is 14.1 Å². The van der Waals surface area contributed by atoms with Gasteiger partial charge in [0.05, 0.1) is 5.39 Å². The fourth-order valence-electron chi connectivity index (χ4n) is 2.34. The molecule has 0 aromatic carbocycles. The van der Waals surface area contributed by atoms with Gasteiger partial charge in [0.25, 0.3) is 11.5 Å². The highest BCUT2D eigenvalue weighted by molar-refractivity contribution is 5.94. The van der Waals surface area contributed by atoms with Crippen LogP contribution in [0.4, 0.5) is 0 Å². The second kappa shape index (κ2) is 6.74. The van der Waals surface area contributed by atoms with Crippen molar-refractivity contribution in [3.63, 3.8) is 0 Å².